The van der Waals surface area contributed by atoms with Gasteiger partial charge in [0.2, 0.25) is 0 Å². The topological polar surface area (TPSA) is 35.5 Å². The molecule has 3 heteroatoms. The summed E-state index contributed by atoms with van der Waals surface area (Å²) >= 11 is 0. The molecule has 1 aromatic carbocycles. The van der Waals surface area contributed by atoms with Gasteiger partial charge in [-0.2, -0.15) is 0 Å². The lowest BCUT2D eigenvalue weighted by Crippen LogP contribution is -2.57. The number of ether oxygens (including phenoxy) is 2. The van der Waals surface area contributed by atoms with Crippen LogP contribution in [0, 0.1) is 17.8 Å². The molecule has 0 N–H and O–H groups in total. The lowest BCUT2D eigenvalue weighted by atomic mass is 9.58. The van der Waals surface area contributed by atoms with E-state index in [9.17, 15) is 4.79 Å². The maximum atomic E-state index is 12.1. The Balaban J connectivity index is 1.70. The molecule has 3 aliphatic carbocycles. The van der Waals surface area contributed by atoms with E-state index in [1.807, 2.05) is 6.07 Å². The van der Waals surface area contributed by atoms with E-state index in [1.54, 1.807) is 6.92 Å². The van der Waals surface area contributed by atoms with Gasteiger partial charge >= 0.3 is 5.97 Å². The number of carbonyl (C=O) groups excluding carboxylic acids is 1. The minimum atomic E-state index is -0.331. The molecule has 33 heavy (non-hydrogen) atoms. The average molecular weight is 453 g/mol. The minimum absolute atomic E-state index is 0.0737. The molecule has 0 spiro atoms. The largest absolute Gasteiger partial charge is 0.486 e. The van der Waals surface area contributed by atoms with Crippen molar-refractivity contribution in [1.82, 2.24) is 0 Å². The molecule has 1 aromatic rings. The van der Waals surface area contributed by atoms with Crippen LogP contribution in [0.3, 0.4) is 0 Å². The van der Waals surface area contributed by atoms with Crippen molar-refractivity contribution < 1.29 is 14.3 Å². The highest BCUT2D eigenvalue weighted by atomic mass is 16.5. The van der Waals surface area contributed by atoms with Crippen molar-refractivity contribution >= 4 is 5.97 Å². The molecule has 0 aromatic heterocycles. The van der Waals surface area contributed by atoms with Gasteiger partial charge in [-0.1, -0.05) is 82.6 Å². The molecule has 3 fully saturated rings. The van der Waals surface area contributed by atoms with E-state index in [-0.39, 0.29) is 18.2 Å². The van der Waals surface area contributed by atoms with Gasteiger partial charge in [-0.05, 0) is 69.3 Å². The first-order valence-electron chi connectivity index (χ1n) is 13.7. The average Bonchev–Trinajstić information content (AvgIpc) is 2.88. The molecule has 3 saturated carbocycles. The van der Waals surface area contributed by atoms with E-state index >= 15 is 0 Å². The Hall–Kier alpha value is -1.77. The monoisotopic (exact) mass is 452 g/mol. The van der Waals surface area contributed by atoms with E-state index < -0.39 is 0 Å². The van der Waals surface area contributed by atoms with Crippen molar-refractivity contribution in [2.75, 3.05) is 0 Å². The number of hydrogen-bond donors (Lipinski definition) is 0. The molecule has 0 aliphatic heterocycles. The molecule has 0 atom stereocenters. The molecular weight excluding hydrogens is 408 g/mol. The summed E-state index contributed by atoms with van der Waals surface area (Å²) in [5.74, 6) is 2.53. The number of esters is 1. The fourth-order valence-electron chi connectivity index (χ4n) is 7.09. The van der Waals surface area contributed by atoms with Gasteiger partial charge in [0.1, 0.15) is 18.0 Å². The summed E-state index contributed by atoms with van der Waals surface area (Å²) in [7, 11) is 0. The number of carbonyl (C=O) groups is 1. The minimum Gasteiger partial charge on any atom is -0.486 e. The van der Waals surface area contributed by atoms with Crippen LogP contribution in [-0.2, 0) is 16.1 Å². The summed E-state index contributed by atoms with van der Waals surface area (Å²) in [6, 6.07) is 8.29. The summed E-state index contributed by atoms with van der Waals surface area (Å²) in [5.41, 5.74) is 1.35. The Morgan fingerprint density at radius 2 is 1.27 bits per heavy atom. The molecule has 0 amide bonds. The third-order valence-electron chi connectivity index (χ3n) is 8.70. The maximum Gasteiger partial charge on any atom is 0.333 e. The fourth-order valence-corrected chi connectivity index (χ4v) is 7.09. The lowest BCUT2D eigenvalue weighted by molar-refractivity contribution is -0.140. The van der Waals surface area contributed by atoms with E-state index in [4.69, 9.17) is 9.47 Å². The molecule has 0 heterocycles. The van der Waals surface area contributed by atoms with E-state index in [1.165, 1.54) is 96.3 Å². The van der Waals surface area contributed by atoms with E-state index in [2.05, 4.69) is 24.8 Å². The predicted molar refractivity (Wildman–Crippen MR) is 134 cm³/mol. The van der Waals surface area contributed by atoms with Crippen LogP contribution in [0.25, 0.3) is 0 Å². The van der Waals surface area contributed by atoms with E-state index in [0.29, 0.717) is 23.3 Å². The molecule has 3 aliphatic rings. The van der Waals surface area contributed by atoms with Gasteiger partial charge in [-0.15, -0.1) is 0 Å². The fraction of sp³-hybridized carbons (Fsp3) is 0.700. The second-order valence-corrected chi connectivity index (χ2v) is 10.9. The normalized spacial score (nSPS) is 21.5. The summed E-state index contributed by atoms with van der Waals surface area (Å²) in [6.07, 6.45) is 20.0. The van der Waals surface area contributed by atoms with E-state index in [0.717, 1.165) is 11.3 Å². The smallest absolute Gasteiger partial charge is 0.333 e. The zero-order valence-corrected chi connectivity index (χ0v) is 20.8. The summed E-state index contributed by atoms with van der Waals surface area (Å²) in [6.45, 7) is 5.67. The van der Waals surface area contributed by atoms with Gasteiger partial charge in [0.25, 0.3) is 0 Å². The van der Waals surface area contributed by atoms with Crippen molar-refractivity contribution in [3.05, 3.63) is 42.0 Å². The SMILES string of the molecule is C=C(C)C(=O)OCc1ccccc1OC(C1CCCCC1)(C1CCCCC1)C1CCCCC1. The van der Waals surface area contributed by atoms with Crippen LogP contribution >= 0.6 is 0 Å². The summed E-state index contributed by atoms with van der Waals surface area (Å²) in [5, 5.41) is 0. The van der Waals surface area contributed by atoms with Crippen LogP contribution < -0.4 is 4.74 Å². The van der Waals surface area contributed by atoms with Crippen molar-refractivity contribution in [1.29, 1.82) is 0 Å². The molecular formula is C30H44O3. The Bertz CT molecular complexity index is 734. The zero-order chi connectivity index (χ0) is 23.1. The Morgan fingerprint density at radius 1 is 0.818 bits per heavy atom. The third kappa shape index (κ3) is 5.66. The van der Waals surface area contributed by atoms with Crippen LogP contribution in [0.15, 0.2) is 36.4 Å². The highest BCUT2D eigenvalue weighted by Gasteiger charge is 2.53. The maximum absolute atomic E-state index is 12.1. The Labute approximate surface area is 201 Å². The predicted octanol–water partition coefficient (Wildman–Crippen LogP) is 8.16. The lowest BCUT2D eigenvalue weighted by Gasteiger charge is -2.54. The molecule has 4 rings (SSSR count). The third-order valence-corrected chi connectivity index (χ3v) is 8.70. The van der Waals surface area contributed by atoms with Crippen molar-refractivity contribution in [2.24, 2.45) is 17.8 Å². The molecule has 0 saturated heterocycles. The van der Waals surface area contributed by atoms with Gasteiger partial charge in [-0.25, -0.2) is 4.79 Å². The van der Waals surface area contributed by atoms with Crippen molar-refractivity contribution in [3.63, 3.8) is 0 Å². The number of para-hydroxylation sites is 1. The van der Waals surface area contributed by atoms with Gasteiger partial charge in [0, 0.05) is 11.1 Å². The number of benzene rings is 1. The number of hydrogen-bond acceptors (Lipinski definition) is 3. The quantitative estimate of drug-likeness (QED) is 0.295. The molecule has 182 valence electrons. The van der Waals surface area contributed by atoms with Crippen LogP contribution in [0.2, 0.25) is 0 Å². The molecule has 0 unspecified atom stereocenters. The molecule has 0 bridgehead atoms. The van der Waals surface area contributed by atoms with Crippen LogP contribution in [-0.4, -0.2) is 11.6 Å². The Kier molecular flexibility index (Phi) is 8.55. The highest BCUT2D eigenvalue weighted by molar-refractivity contribution is 5.86. The second kappa shape index (κ2) is 11.6. The highest BCUT2D eigenvalue weighted by Crippen LogP contribution is 2.53. The Morgan fingerprint density at radius 3 is 1.73 bits per heavy atom. The van der Waals surface area contributed by atoms with Gasteiger partial charge < -0.3 is 9.47 Å². The summed E-state index contributed by atoms with van der Waals surface area (Å²) in [4.78, 5) is 12.1. The second-order valence-electron chi connectivity index (χ2n) is 10.9. The van der Waals surface area contributed by atoms with Crippen LogP contribution in [0.4, 0.5) is 0 Å². The standard InChI is InChI=1S/C30H44O3/c1-23(2)29(31)32-22-24-14-12-13-21-28(24)33-30(25-15-6-3-7-16-25,26-17-8-4-9-18-26)27-19-10-5-11-20-27/h12-14,21,25-27H,1,3-11,15-20,22H2,2H3. The van der Waals surface area contributed by atoms with Gasteiger partial charge in [0.05, 0.1) is 0 Å². The van der Waals surface area contributed by atoms with Crippen LogP contribution in [0.5, 0.6) is 5.75 Å². The van der Waals surface area contributed by atoms with Gasteiger partial charge in [0.15, 0.2) is 0 Å². The van der Waals surface area contributed by atoms with Crippen molar-refractivity contribution in [2.45, 2.75) is 115 Å². The van der Waals surface area contributed by atoms with Gasteiger partial charge in [-0.3, -0.25) is 0 Å². The van der Waals surface area contributed by atoms with Crippen molar-refractivity contribution in [3.8, 4) is 5.75 Å². The summed E-state index contributed by atoms with van der Waals surface area (Å²) < 4.78 is 13.0. The first-order valence-corrected chi connectivity index (χ1v) is 13.7. The zero-order valence-electron chi connectivity index (χ0n) is 20.8. The molecule has 3 nitrogen and oxygen atoms in total. The first kappa shape index (κ1) is 24.4. The first-order chi connectivity index (χ1) is 16.1. The molecule has 0 radical (unpaired) electrons. The van der Waals surface area contributed by atoms with Crippen LogP contribution in [0.1, 0.15) is 109 Å². The number of rotatable bonds is 8.